The molecule has 1 aliphatic rings. The molecule has 0 radical (unpaired) electrons. The predicted octanol–water partition coefficient (Wildman–Crippen LogP) is 1.65. The standard InChI is InChI=1S/C16H22N2O3/c1-17(2)11-15(19)18-9-3-4-14(10-18)12-5-7-13(8-6-12)16(20)21/h5-8,14H,3-4,9-11H2,1-2H3,(H,20,21). The van der Waals surface area contributed by atoms with Gasteiger partial charge in [-0.25, -0.2) is 4.79 Å². The van der Waals surface area contributed by atoms with Crippen molar-refractivity contribution in [2.75, 3.05) is 33.7 Å². The molecule has 2 rings (SSSR count). The number of benzene rings is 1. The van der Waals surface area contributed by atoms with Crippen LogP contribution in [0, 0.1) is 0 Å². The first kappa shape index (κ1) is 15.5. The molecule has 5 nitrogen and oxygen atoms in total. The quantitative estimate of drug-likeness (QED) is 0.916. The van der Waals surface area contributed by atoms with Crippen LogP contribution < -0.4 is 0 Å². The van der Waals surface area contributed by atoms with Gasteiger partial charge in [0.1, 0.15) is 0 Å². The minimum absolute atomic E-state index is 0.159. The molecular weight excluding hydrogens is 268 g/mol. The normalized spacial score (nSPS) is 18.8. The summed E-state index contributed by atoms with van der Waals surface area (Å²) in [6, 6.07) is 7.01. The molecule has 1 heterocycles. The molecule has 0 spiro atoms. The molecular formula is C16H22N2O3. The molecule has 1 aromatic carbocycles. The number of likely N-dealkylation sites (N-methyl/N-ethyl adjacent to an activating group) is 1. The number of likely N-dealkylation sites (tertiary alicyclic amines) is 1. The first-order valence-corrected chi connectivity index (χ1v) is 7.23. The maximum absolute atomic E-state index is 12.1. The lowest BCUT2D eigenvalue weighted by Gasteiger charge is -2.33. The number of amides is 1. The van der Waals surface area contributed by atoms with Crippen LogP contribution in [0.2, 0.25) is 0 Å². The molecule has 0 aromatic heterocycles. The molecule has 1 amide bonds. The third-order valence-electron chi connectivity index (χ3n) is 3.85. The fraction of sp³-hybridized carbons (Fsp3) is 0.500. The Hall–Kier alpha value is -1.88. The average Bonchev–Trinajstić information content (AvgIpc) is 2.47. The van der Waals surface area contributed by atoms with Gasteiger partial charge in [0.15, 0.2) is 0 Å². The van der Waals surface area contributed by atoms with Crippen LogP contribution >= 0.6 is 0 Å². The third-order valence-corrected chi connectivity index (χ3v) is 3.85. The van der Waals surface area contributed by atoms with E-state index in [-0.39, 0.29) is 5.91 Å². The summed E-state index contributed by atoms with van der Waals surface area (Å²) in [6.07, 6.45) is 2.03. The number of hydrogen-bond acceptors (Lipinski definition) is 3. The van der Waals surface area contributed by atoms with Crippen molar-refractivity contribution in [3.8, 4) is 0 Å². The molecule has 1 N–H and O–H groups in total. The summed E-state index contributed by atoms with van der Waals surface area (Å²) in [7, 11) is 3.79. The zero-order chi connectivity index (χ0) is 15.4. The van der Waals surface area contributed by atoms with Crippen molar-refractivity contribution in [2.24, 2.45) is 0 Å². The Bertz CT molecular complexity index is 511. The molecule has 1 aromatic rings. The van der Waals surface area contributed by atoms with E-state index in [1.165, 1.54) is 0 Å². The molecule has 1 atom stereocenters. The Balaban J connectivity index is 2.03. The van der Waals surface area contributed by atoms with E-state index in [0.29, 0.717) is 18.0 Å². The van der Waals surface area contributed by atoms with Gasteiger partial charge in [-0.15, -0.1) is 0 Å². The van der Waals surface area contributed by atoms with Gasteiger partial charge < -0.3 is 14.9 Å². The van der Waals surface area contributed by atoms with Crippen LogP contribution in [0.1, 0.15) is 34.7 Å². The van der Waals surface area contributed by atoms with Crippen molar-refractivity contribution >= 4 is 11.9 Å². The van der Waals surface area contributed by atoms with Crippen molar-refractivity contribution in [1.29, 1.82) is 0 Å². The molecule has 5 heteroatoms. The Morgan fingerprint density at radius 3 is 2.52 bits per heavy atom. The monoisotopic (exact) mass is 290 g/mol. The van der Waals surface area contributed by atoms with Gasteiger partial charge >= 0.3 is 5.97 Å². The molecule has 0 aliphatic carbocycles. The van der Waals surface area contributed by atoms with E-state index in [1.54, 1.807) is 12.1 Å². The van der Waals surface area contributed by atoms with Gasteiger partial charge in [0, 0.05) is 19.0 Å². The summed E-state index contributed by atoms with van der Waals surface area (Å²) in [4.78, 5) is 26.8. The number of aromatic carboxylic acids is 1. The van der Waals surface area contributed by atoms with Gasteiger partial charge in [-0.05, 0) is 44.6 Å². The Labute approximate surface area is 125 Å². The van der Waals surface area contributed by atoms with Crippen LogP contribution in [-0.2, 0) is 4.79 Å². The summed E-state index contributed by atoms with van der Waals surface area (Å²) >= 11 is 0. The highest BCUT2D eigenvalue weighted by Gasteiger charge is 2.24. The highest BCUT2D eigenvalue weighted by Crippen LogP contribution is 2.27. The third kappa shape index (κ3) is 4.04. The first-order valence-electron chi connectivity index (χ1n) is 7.23. The second-order valence-electron chi connectivity index (χ2n) is 5.84. The van der Waals surface area contributed by atoms with E-state index in [9.17, 15) is 9.59 Å². The number of carbonyl (C=O) groups excluding carboxylic acids is 1. The molecule has 1 fully saturated rings. The number of hydrogen-bond donors (Lipinski definition) is 1. The van der Waals surface area contributed by atoms with E-state index in [1.807, 2.05) is 36.0 Å². The van der Waals surface area contributed by atoms with Crippen LogP contribution in [0.4, 0.5) is 0 Å². The van der Waals surface area contributed by atoms with Crippen molar-refractivity contribution < 1.29 is 14.7 Å². The van der Waals surface area contributed by atoms with Gasteiger partial charge in [-0.1, -0.05) is 12.1 Å². The van der Waals surface area contributed by atoms with Crippen LogP contribution in [-0.4, -0.2) is 60.5 Å². The van der Waals surface area contributed by atoms with Gasteiger partial charge in [0.2, 0.25) is 5.91 Å². The van der Waals surface area contributed by atoms with Gasteiger partial charge in [0.25, 0.3) is 0 Å². The molecule has 0 saturated carbocycles. The van der Waals surface area contributed by atoms with Crippen molar-refractivity contribution in [3.63, 3.8) is 0 Å². The molecule has 1 unspecified atom stereocenters. The topological polar surface area (TPSA) is 60.9 Å². The fourth-order valence-electron chi connectivity index (χ4n) is 2.74. The number of carboxylic acids is 1. The molecule has 1 saturated heterocycles. The maximum atomic E-state index is 12.1. The summed E-state index contributed by atoms with van der Waals surface area (Å²) in [5.74, 6) is -0.451. The average molecular weight is 290 g/mol. The first-order chi connectivity index (χ1) is 9.97. The second-order valence-corrected chi connectivity index (χ2v) is 5.84. The number of carboxylic acid groups (broad SMARTS) is 1. The van der Waals surface area contributed by atoms with Crippen molar-refractivity contribution in [3.05, 3.63) is 35.4 Å². The zero-order valence-corrected chi connectivity index (χ0v) is 12.6. The highest BCUT2D eigenvalue weighted by molar-refractivity contribution is 5.87. The number of nitrogens with zero attached hydrogens (tertiary/aromatic N) is 2. The van der Waals surface area contributed by atoms with Crippen LogP contribution in [0.15, 0.2) is 24.3 Å². The summed E-state index contributed by atoms with van der Waals surface area (Å²) in [6.45, 7) is 1.97. The summed E-state index contributed by atoms with van der Waals surface area (Å²) in [5, 5.41) is 8.93. The lowest BCUT2D eigenvalue weighted by atomic mass is 9.90. The van der Waals surface area contributed by atoms with Crippen LogP contribution in [0.5, 0.6) is 0 Å². The van der Waals surface area contributed by atoms with Gasteiger partial charge in [-0.3, -0.25) is 4.79 Å². The van der Waals surface area contributed by atoms with E-state index in [0.717, 1.165) is 31.5 Å². The molecule has 21 heavy (non-hydrogen) atoms. The number of piperidine rings is 1. The number of carbonyl (C=O) groups is 2. The maximum Gasteiger partial charge on any atom is 0.335 e. The molecule has 0 bridgehead atoms. The van der Waals surface area contributed by atoms with E-state index < -0.39 is 5.97 Å². The Morgan fingerprint density at radius 1 is 1.29 bits per heavy atom. The van der Waals surface area contributed by atoms with E-state index in [4.69, 9.17) is 5.11 Å². The lowest BCUT2D eigenvalue weighted by Crippen LogP contribution is -2.43. The smallest absolute Gasteiger partial charge is 0.335 e. The second kappa shape index (κ2) is 6.72. The van der Waals surface area contributed by atoms with Crippen LogP contribution in [0.3, 0.4) is 0 Å². The fourth-order valence-corrected chi connectivity index (χ4v) is 2.74. The minimum Gasteiger partial charge on any atom is -0.478 e. The van der Waals surface area contributed by atoms with E-state index in [2.05, 4.69) is 0 Å². The SMILES string of the molecule is CN(C)CC(=O)N1CCCC(c2ccc(C(=O)O)cc2)C1. The summed E-state index contributed by atoms with van der Waals surface area (Å²) < 4.78 is 0. The van der Waals surface area contributed by atoms with Crippen molar-refractivity contribution in [2.45, 2.75) is 18.8 Å². The highest BCUT2D eigenvalue weighted by atomic mass is 16.4. The molecule has 1 aliphatic heterocycles. The van der Waals surface area contributed by atoms with Crippen LogP contribution in [0.25, 0.3) is 0 Å². The Kier molecular flexibility index (Phi) is 4.96. The summed E-state index contributed by atoms with van der Waals surface area (Å²) in [5.41, 5.74) is 1.41. The Morgan fingerprint density at radius 2 is 1.95 bits per heavy atom. The predicted molar refractivity (Wildman–Crippen MR) is 80.5 cm³/mol. The van der Waals surface area contributed by atoms with Gasteiger partial charge in [-0.2, -0.15) is 0 Å². The largest absolute Gasteiger partial charge is 0.478 e. The molecule has 114 valence electrons. The minimum atomic E-state index is -0.909. The zero-order valence-electron chi connectivity index (χ0n) is 12.6. The lowest BCUT2D eigenvalue weighted by molar-refractivity contribution is -0.133. The van der Waals surface area contributed by atoms with E-state index >= 15 is 0 Å². The van der Waals surface area contributed by atoms with Gasteiger partial charge in [0.05, 0.1) is 12.1 Å². The number of rotatable bonds is 4. The van der Waals surface area contributed by atoms with Crippen molar-refractivity contribution in [1.82, 2.24) is 9.80 Å².